The van der Waals surface area contributed by atoms with Gasteiger partial charge in [-0.15, -0.1) is 0 Å². The molecule has 0 spiro atoms. The lowest BCUT2D eigenvalue weighted by atomic mass is 9.95. The second-order valence-electron chi connectivity index (χ2n) is 4.21. The largest absolute Gasteiger partial charge is 0.311 e. The molecular weight excluding hydrogens is 203 g/mol. The van der Waals surface area contributed by atoms with Crippen LogP contribution in [0.3, 0.4) is 0 Å². The van der Waals surface area contributed by atoms with Gasteiger partial charge in [0.25, 0.3) is 0 Å². The maximum absolute atomic E-state index is 13.1. The van der Waals surface area contributed by atoms with Crippen LogP contribution in [0.4, 0.5) is 4.39 Å². The average molecular weight is 222 g/mol. The maximum Gasteiger partial charge on any atom is 0.123 e. The number of rotatable bonds is 3. The molecule has 1 atom stereocenters. The SMILES string of the molecule is CCN(CC)[C@H]1CNCc2cc(F)ccc21. The summed E-state index contributed by atoms with van der Waals surface area (Å²) in [6, 6.07) is 5.55. The van der Waals surface area contributed by atoms with E-state index < -0.39 is 0 Å². The highest BCUT2D eigenvalue weighted by molar-refractivity contribution is 5.33. The van der Waals surface area contributed by atoms with Crippen LogP contribution in [0.1, 0.15) is 31.0 Å². The Morgan fingerprint density at radius 1 is 1.38 bits per heavy atom. The topological polar surface area (TPSA) is 15.3 Å². The molecule has 0 bridgehead atoms. The molecule has 2 rings (SSSR count). The Labute approximate surface area is 96.5 Å². The molecule has 0 amide bonds. The van der Waals surface area contributed by atoms with E-state index in [-0.39, 0.29) is 5.82 Å². The molecular formula is C13H19FN2. The lowest BCUT2D eigenvalue weighted by Crippen LogP contribution is -2.39. The molecule has 2 nitrogen and oxygen atoms in total. The number of likely N-dealkylation sites (N-methyl/N-ethyl adjacent to an activating group) is 1. The van der Waals surface area contributed by atoms with Crippen LogP contribution < -0.4 is 5.32 Å². The molecule has 0 aromatic heterocycles. The number of hydrogen-bond acceptors (Lipinski definition) is 2. The standard InChI is InChI=1S/C13H19FN2/c1-3-16(4-2)13-9-15-8-10-7-11(14)5-6-12(10)13/h5-7,13,15H,3-4,8-9H2,1-2H3/t13-/m0/s1. The zero-order valence-corrected chi connectivity index (χ0v) is 9.96. The Morgan fingerprint density at radius 3 is 2.81 bits per heavy atom. The molecule has 16 heavy (non-hydrogen) atoms. The number of benzene rings is 1. The van der Waals surface area contributed by atoms with Crippen molar-refractivity contribution in [3.63, 3.8) is 0 Å². The number of hydrogen-bond donors (Lipinski definition) is 1. The molecule has 1 aromatic rings. The van der Waals surface area contributed by atoms with Gasteiger partial charge in [0.2, 0.25) is 0 Å². The van der Waals surface area contributed by atoms with E-state index >= 15 is 0 Å². The fourth-order valence-electron chi connectivity index (χ4n) is 2.50. The highest BCUT2D eigenvalue weighted by Gasteiger charge is 2.23. The first-order valence-corrected chi connectivity index (χ1v) is 5.99. The Bertz CT molecular complexity index is 361. The molecule has 0 aliphatic carbocycles. The Kier molecular flexibility index (Phi) is 3.56. The van der Waals surface area contributed by atoms with Crippen LogP contribution in [-0.2, 0) is 6.54 Å². The second kappa shape index (κ2) is 4.93. The molecule has 1 heterocycles. The quantitative estimate of drug-likeness (QED) is 0.844. The van der Waals surface area contributed by atoms with Crippen LogP contribution in [-0.4, -0.2) is 24.5 Å². The van der Waals surface area contributed by atoms with Gasteiger partial charge >= 0.3 is 0 Å². The molecule has 0 fully saturated rings. The zero-order valence-electron chi connectivity index (χ0n) is 9.96. The van der Waals surface area contributed by atoms with E-state index in [1.807, 2.05) is 6.07 Å². The number of nitrogens with zero attached hydrogens (tertiary/aromatic N) is 1. The van der Waals surface area contributed by atoms with Crippen LogP contribution in [0.25, 0.3) is 0 Å². The van der Waals surface area contributed by atoms with E-state index in [0.717, 1.165) is 31.7 Å². The van der Waals surface area contributed by atoms with Crippen molar-refractivity contribution in [3.8, 4) is 0 Å². The van der Waals surface area contributed by atoms with Crippen LogP contribution >= 0.6 is 0 Å². The summed E-state index contributed by atoms with van der Waals surface area (Å²) in [4.78, 5) is 2.41. The monoisotopic (exact) mass is 222 g/mol. The van der Waals surface area contributed by atoms with Gasteiger partial charge in [-0.3, -0.25) is 4.90 Å². The van der Waals surface area contributed by atoms with Gasteiger partial charge < -0.3 is 5.32 Å². The van der Waals surface area contributed by atoms with E-state index in [2.05, 4.69) is 24.1 Å². The Balaban J connectivity index is 2.32. The molecule has 1 aliphatic heterocycles. The Morgan fingerprint density at radius 2 is 2.12 bits per heavy atom. The molecule has 0 radical (unpaired) electrons. The number of nitrogens with one attached hydrogen (secondary N) is 1. The predicted octanol–water partition coefficient (Wildman–Crippen LogP) is 2.31. The summed E-state index contributed by atoms with van der Waals surface area (Å²) in [5, 5.41) is 3.36. The number of halogens is 1. The van der Waals surface area contributed by atoms with Gasteiger partial charge in [0.15, 0.2) is 0 Å². The summed E-state index contributed by atoms with van der Waals surface area (Å²) in [5.41, 5.74) is 2.38. The van der Waals surface area contributed by atoms with Crippen LogP contribution in [0.15, 0.2) is 18.2 Å². The van der Waals surface area contributed by atoms with E-state index in [1.165, 1.54) is 5.56 Å². The number of fused-ring (bicyclic) bond motifs is 1. The van der Waals surface area contributed by atoms with Crippen LogP contribution in [0, 0.1) is 5.82 Å². The zero-order chi connectivity index (χ0) is 11.5. The van der Waals surface area contributed by atoms with Crippen LogP contribution in [0.2, 0.25) is 0 Å². The normalized spacial score (nSPS) is 19.9. The summed E-state index contributed by atoms with van der Waals surface area (Å²) >= 11 is 0. The molecule has 1 aromatic carbocycles. The van der Waals surface area contributed by atoms with Crippen molar-refractivity contribution in [2.45, 2.75) is 26.4 Å². The lowest BCUT2D eigenvalue weighted by molar-refractivity contribution is 0.204. The van der Waals surface area contributed by atoms with Gasteiger partial charge in [-0.2, -0.15) is 0 Å². The predicted molar refractivity (Wildman–Crippen MR) is 63.8 cm³/mol. The van der Waals surface area contributed by atoms with Gasteiger partial charge in [-0.1, -0.05) is 19.9 Å². The second-order valence-corrected chi connectivity index (χ2v) is 4.21. The third-order valence-corrected chi connectivity index (χ3v) is 3.37. The van der Waals surface area contributed by atoms with Crippen molar-refractivity contribution in [3.05, 3.63) is 35.1 Å². The van der Waals surface area contributed by atoms with Crippen molar-refractivity contribution in [2.75, 3.05) is 19.6 Å². The van der Waals surface area contributed by atoms with E-state index in [9.17, 15) is 4.39 Å². The van der Waals surface area contributed by atoms with Gasteiger partial charge in [0.1, 0.15) is 5.82 Å². The fourth-order valence-corrected chi connectivity index (χ4v) is 2.50. The highest BCUT2D eigenvalue weighted by Crippen LogP contribution is 2.27. The van der Waals surface area contributed by atoms with Gasteiger partial charge in [-0.25, -0.2) is 4.39 Å². The lowest BCUT2D eigenvalue weighted by Gasteiger charge is -2.35. The first kappa shape index (κ1) is 11.6. The Hall–Kier alpha value is -0.930. The minimum Gasteiger partial charge on any atom is -0.311 e. The maximum atomic E-state index is 13.1. The summed E-state index contributed by atoms with van der Waals surface area (Å²) < 4.78 is 13.1. The van der Waals surface area contributed by atoms with Gasteiger partial charge in [-0.05, 0) is 36.3 Å². The highest BCUT2D eigenvalue weighted by atomic mass is 19.1. The molecule has 1 N–H and O–H groups in total. The third kappa shape index (κ3) is 2.11. The summed E-state index contributed by atoms with van der Waals surface area (Å²) in [6.45, 7) is 8.13. The first-order chi connectivity index (χ1) is 7.76. The molecule has 0 saturated carbocycles. The van der Waals surface area contributed by atoms with E-state index in [1.54, 1.807) is 12.1 Å². The fraction of sp³-hybridized carbons (Fsp3) is 0.538. The van der Waals surface area contributed by atoms with Gasteiger partial charge in [0.05, 0.1) is 0 Å². The molecule has 1 aliphatic rings. The van der Waals surface area contributed by atoms with Crippen molar-refractivity contribution in [1.82, 2.24) is 10.2 Å². The van der Waals surface area contributed by atoms with Crippen molar-refractivity contribution >= 4 is 0 Å². The van der Waals surface area contributed by atoms with Crippen molar-refractivity contribution < 1.29 is 4.39 Å². The summed E-state index contributed by atoms with van der Waals surface area (Å²) in [7, 11) is 0. The van der Waals surface area contributed by atoms with Gasteiger partial charge in [0, 0.05) is 19.1 Å². The molecule has 88 valence electrons. The summed E-state index contributed by atoms with van der Waals surface area (Å²) in [5.74, 6) is -0.138. The third-order valence-electron chi connectivity index (χ3n) is 3.37. The molecule has 0 saturated heterocycles. The minimum absolute atomic E-state index is 0.138. The molecule has 0 unspecified atom stereocenters. The average Bonchev–Trinajstić information content (AvgIpc) is 2.30. The van der Waals surface area contributed by atoms with E-state index in [4.69, 9.17) is 0 Å². The first-order valence-electron chi connectivity index (χ1n) is 5.99. The van der Waals surface area contributed by atoms with Crippen molar-refractivity contribution in [2.24, 2.45) is 0 Å². The minimum atomic E-state index is -0.138. The van der Waals surface area contributed by atoms with Crippen LogP contribution in [0.5, 0.6) is 0 Å². The summed E-state index contributed by atoms with van der Waals surface area (Å²) in [6.07, 6.45) is 0. The molecule has 3 heteroatoms. The van der Waals surface area contributed by atoms with E-state index in [0.29, 0.717) is 6.04 Å². The smallest absolute Gasteiger partial charge is 0.123 e. The van der Waals surface area contributed by atoms with Crippen molar-refractivity contribution in [1.29, 1.82) is 0 Å².